The lowest BCUT2D eigenvalue weighted by Crippen LogP contribution is -2.42. The van der Waals surface area contributed by atoms with Crippen LogP contribution in [0.3, 0.4) is 0 Å². The first-order valence-electron chi connectivity index (χ1n) is 12.0. The summed E-state index contributed by atoms with van der Waals surface area (Å²) in [6.45, 7) is 7.88. The van der Waals surface area contributed by atoms with Crippen LogP contribution < -0.4 is 10.6 Å². The summed E-state index contributed by atoms with van der Waals surface area (Å²) < 4.78 is 0. The zero-order valence-electron chi connectivity index (χ0n) is 19.7. The molecule has 5 rings (SSSR count). The van der Waals surface area contributed by atoms with Gasteiger partial charge < -0.3 is 10.6 Å². The Morgan fingerprint density at radius 2 is 1.59 bits per heavy atom. The molecule has 1 amide bonds. The van der Waals surface area contributed by atoms with Crippen LogP contribution in [0.15, 0.2) is 84.9 Å². The molecule has 4 nitrogen and oxygen atoms in total. The number of nitrogens with zero attached hydrogens (tertiary/aromatic N) is 1. The van der Waals surface area contributed by atoms with E-state index >= 15 is 0 Å². The van der Waals surface area contributed by atoms with E-state index in [0.29, 0.717) is 12.1 Å². The van der Waals surface area contributed by atoms with Gasteiger partial charge in [-0.2, -0.15) is 0 Å². The molecule has 0 radical (unpaired) electrons. The molecule has 0 bridgehead atoms. The minimum absolute atomic E-state index is 0.0530. The highest BCUT2D eigenvalue weighted by atomic mass is 16.1. The number of hydrogen-bond acceptors (Lipinski definition) is 3. The molecule has 2 N–H and O–H groups in total. The predicted molar refractivity (Wildman–Crippen MR) is 140 cm³/mol. The van der Waals surface area contributed by atoms with E-state index in [9.17, 15) is 4.79 Å². The molecule has 4 aromatic carbocycles. The van der Waals surface area contributed by atoms with Crippen molar-refractivity contribution in [2.24, 2.45) is 0 Å². The minimum atomic E-state index is -0.0530. The van der Waals surface area contributed by atoms with Gasteiger partial charge in [-0.15, -0.1) is 0 Å². The molecule has 1 heterocycles. The van der Waals surface area contributed by atoms with Crippen molar-refractivity contribution in [3.05, 3.63) is 107 Å². The minimum Gasteiger partial charge on any atom is -0.348 e. The number of amides is 1. The zero-order chi connectivity index (χ0) is 23.3. The third-order valence-corrected chi connectivity index (χ3v) is 6.62. The van der Waals surface area contributed by atoms with Gasteiger partial charge in [0.15, 0.2) is 0 Å². The molecule has 0 atom stereocenters. The average molecular weight is 450 g/mol. The SMILES string of the molecule is Cc1ccc(-c2ccc(C(=O)NCc3cccc4cc(CN5CCNCC5)ccc34)cc2)cc1. The highest BCUT2D eigenvalue weighted by molar-refractivity contribution is 5.95. The van der Waals surface area contributed by atoms with Crippen LogP contribution >= 0.6 is 0 Å². The Morgan fingerprint density at radius 1 is 0.882 bits per heavy atom. The fourth-order valence-corrected chi connectivity index (χ4v) is 4.62. The third-order valence-electron chi connectivity index (χ3n) is 6.62. The molecule has 0 aliphatic carbocycles. The zero-order valence-corrected chi connectivity index (χ0v) is 19.7. The summed E-state index contributed by atoms with van der Waals surface area (Å²) >= 11 is 0. The first-order chi connectivity index (χ1) is 16.7. The summed E-state index contributed by atoms with van der Waals surface area (Å²) in [7, 11) is 0. The van der Waals surface area contributed by atoms with Gasteiger partial charge in [-0.25, -0.2) is 0 Å². The molecule has 172 valence electrons. The summed E-state index contributed by atoms with van der Waals surface area (Å²) in [6, 6.07) is 29.3. The van der Waals surface area contributed by atoms with Crippen molar-refractivity contribution in [3.8, 4) is 11.1 Å². The van der Waals surface area contributed by atoms with Crippen LogP contribution in [0.1, 0.15) is 27.0 Å². The predicted octanol–water partition coefficient (Wildman–Crippen LogP) is 5.15. The fourth-order valence-electron chi connectivity index (χ4n) is 4.62. The Bertz CT molecular complexity index is 1270. The quantitative estimate of drug-likeness (QED) is 0.428. The van der Waals surface area contributed by atoms with Crippen molar-refractivity contribution in [2.75, 3.05) is 26.2 Å². The average Bonchev–Trinajstić information content (AvgIpc) is 2.88. The van der Waals surface area contributed by atoms with Crippen molar-refractivity contribution in [1.82, 2.24) is 15.5 Å². The maximum Gasteiger partial charge on any atom is 0.251 e. The number of carbonyl (C=O) groups excluding carboxylic acids is 1. The van der Waals surface area contributed by atoms with Gasteiger partial charge in [0.25, 0.3) is 5.91 Å². The normalized spacial score (nSPS) is 14.3. The second kappa shape index (κ2) is 10.2. The Morgan fingerprint density at radius 3 is 2.32 bits per heavy atom. The highest BCUT2D eigenvalue weighted by Crippen LogP contribution is 2.23. The van der Waals surface area contributed by atoms with Crippen LogP contribution in [0.4, 0.5) is 0 Å². The van der Waals surface area contributed by atoms with E-state index < -0.39 is 0 Å². The molecule has 0 aromatic heterocycles. The van der Waals surface area contributed by atoms with Crippen molar-refractivity contribution in [2.45, 2.75) is 20.0 Å². The molecule has 1 aliphatic rings. The van der Waals surface area contributed by atoms with E-state index in [1.54, 1.807) is 0 Å². The van der Waals surface area contributed by atoms with Crippen molar-refractivity contribution in [3.63, 3.8) is 0 Å². The maximum absolute atomic E-state index is 12.8. The number of benzene rings is 4. The van der Waals surface area contributed by atoms with Gasteiger partial charge in [-0.05, 0) is 58.1 Å². The number of rotatable bonds is 6. The molecule has 0 saturated carbocycles. The number of hydrogen-bond donors (Lipinski definition) is 2. The maximum atomic E-state index is 12.8. The molecule has 1 aliphatic heterocycles. The van der Waals surface area contributed by atoms with E-state index in [1.165, 1.54) is 21.9 Å². The van der Waals surface area contributed by atoms with Crippen LogP contribution in [0, 0.1) is 6.92 Å². The lowest BCUT2D eigenvalue weighted by atomic mass is 10.0. The second-order valence-corrected chi connectivity index (χ2v) is 9.12. The monoisotopic (exact) mass is 449 g/mol. The Balaban J connectivity index is 1.25. The molecule has 34 heavy (non-hydrogen) atoms. The summed E-state index contributed by atoms with van der Waals surface area (Å²) in [5.41, 5.74) is 6.66. The molecule has 1 saturated heterocycles. The van der Waals surface area contributed by atoms with Crippen LogP contribution in [0.25, 0.3) is 21.9 Å². The van der Waals surface area contributed by atoms with Gasteiger partial charge in [0.05, 0.1) is 0 Å². The molecular formula is C30H31N3O. The largest absolute Gasteiger partial charge is 0.348 e. The summed E-state index contributed by atoms with van der Waals surface area (Å²) in [4.78, 5) is 15.3. The summed E-state index contributed by atoms with van der Waals surface area (Å²) in [5, 5.41) is 8.93. The smallest absolute Gasteiger partial charge is 0.251 e. The number of fused-ring (bicyclic) bond motifs is 1. The standard InChI is InChI=1S/C30H31N3O/c1-22-5-8-24(9-6-22)25-10-12-26(13-11-25)30(34)32-20-28-4-2-3-27-19-23(7-14-29(27)28)21-33-17-15-31-16-18-33/h2-14,19,31H,15-18,20-21H2,1H3,(H,32,34). The first-order valence-corrected chi connectivity index (χ1v) is 12.0. The van der Waals surface area contributed by atoms with Gasteiger partial charge in [0, 0.05) is 44.8 Å². The van der Waals surface area contributed by atoms with Crippen LogP contribution in [-0.2, 0) is 13.1 Å². The van der Waals surface area contributed by atoms with Gasteiger partial charge in [0.1, 0.15) is 0 Å². The summed E-state index contributed by atoms with van der Waals surface area (Å²) in [5.74, 6) is -0.0530. The molecule has 4 heteroatoms. The Labute approximate surface area is 201 Å². The van der Waals surface area contributed by atoms with Gasteiger partial charge >= 0.3 is 0 Å². The van der Waals surface area contributed by atoms with Gasteiger partial charge in [0.2, 0.25) is 0 Å². The van der Waals surface area contributed by atoms with Crippen molar-refractivity contribution >= 4 is 16.7 Å². The highest BCUT2D eigenvalue weighted by Gasteiger charge is 2.11. The lowest BCUT2D eigenvalue weighted by molar-refractivity contribution is 0.0951. The molecular weight excluding hydrogens is 418 g/mol. The molecule has 0 spiro atoms. The fraction of sp³-hybridized carbons (Fsp3) is 0.233. The number of piperazine rings is 1. The second-order valence-electron chi connectivity index (χ2n) is 9.12. The molecule has 0 unspecified atom stereocenters. The van der Waals surface area contributed by atoms with Gasteiger partial charge in [-0.3, -0.25) is 9.69 Å². The number of nitrogens with one attached hydrogen (secondary N) is 2. The van der Waals surface area contributed by atoms with E-state index in [4.69, 9.17) is 0 Å². The topological polar surface area (TPSA) is 44.4 Å². The summed E-state index contributed by atoms with van der Waals surface area (Å²) in [6.07, 6.45) is 0. The van der Waals surface area contributed by atoms with Gasteiger partial charge in [-0.1, -0.05) is 72.3 Å². The van der Waals surface area contributed by atoms with Crippen LogP contribution in [0.5, 0.6) is 0 Å². The first kappa shape index (κ1) is 22.3. The molecule has 4 aromatic rings. The van der Waals surface area contributed by atoms with Crippen molar-refractivity contribution < 1.29 is 4.79 Å². The Hall–Kier alpha value is -3.47. The number of carbonyl (C=O) groups is 1. The van der Waals surface area contributed by atoms with E-state index in [1.807, 2.05) is 24.3 Å². The lowest BCUT2D eigenvalue weighted by Gasteiger charge is -2.27. The van der Waals surface area contributed by atoms with Crippen LogP contribution in [-0.4, -0.2) is 37.0 Å². The van der Waals surface area contributed by atoms with E-state index in [0.717, 1.165) is 49.4 Å². The van der Waals surface area contributed by atoms with Crippen molar-refractivity contribution in [1.29, 1.82) is 0 Å². The molecule has 1 fully saturated rings. The third kappa shape index (κ3) is 5.19. The van der Waals surface area contributed by atoms with Crippen LogP contribution in [0.2, 0.25) is 0 Å². The number of aryl methyl sites for hydroxylation is 1. The Kier molecular flexibility index (Phi) is 6.70. The van der Waals surface area contributed by atoms with E-state index in [2.05, 4.69) is 83.1 Å². The van der Waals surface area contributed by atoms with E-state index in [-0.39, 0.29) is 5.91 Å².